The number of thiophene rings is 1. The first-order valence-corrected chi connectivity index (χ1v) is 14.4. The maximum absolute atomic E-state index is 12.9. The highest BCUT2D eigenvalue weighted by Gasteiger charge is 2.25. The normalized spacial score (nSPS) is 12.4. The summed E-state index contributed by atoms with van der Waals surface area (Å²) in [4.78, 5) is 50.5. The third-order valence-corrected chi connectivity index (χ3v) is 7.23. The lowest BCUT2D eigenvalue weighted by atomic mass is 10.0. The molecule has 2 unspecified atom stereocenters. The number of carboxylic acid groups (broad SMARTS) is 1. The molecule has 12 heteroatoms. The molecule has 0 fully saturated rings. The van der Waals surface area contributed by atoms with Gasteiger partial charge in [0.05, 0.1) is 11.5 Å². The molecule has 0 aliphatic rings. The first kappa shape index (κ1) is 30.6. The van der Waals surface area contributed by atoms with E-state index in [9.17, 15) is 19.5 Å². The molecule has 0 aliphatic heterocycles. The van der Waals surface area contributed by atoms with E-state index in [0.29, 0.717) is 34.1 Å². The van der Waals surface area contributed by atoms with Crippen LogP contribution in [-0.2, 0) is 16.0 Å². The lowest BCUT2D eigenvalue weighted by Crippen LogP contribution is -2.51. The second-order valence-corrected chi connectivity index (χ2v) is 11.3. The highest BCUT2D eigenvalue weighted by Crippen LogP contribution is 2.28. The quantitative estimate of drug-likeness (QED) is 0.207. The average Bonchev–Trinajstić information content (AvgIpc) is 3.52. The van der Waals surface area contributed by atoms with Gasteiger partial charge in [-0.2, -0.15) is 0 Å². The fourth-order valence-electron chi connectivity index (χ4n) is 3.81. The molecule has 10 nitrogen and oxygen atoms in total. The van der Waals surface area contributed by atoms with Crippen molar-refractivity contribution in [2.45, 2.75) is 39.3 Å². The van der Waals surface area contributed by atoms with Crippen LogP contribution in [0.4, 0.5) is 0 Å². The van der Waals surface area contributed by atoms with E-state index in [0.717, 1.165) is 22.3 Å². The van der Waals surface area contributed by atoms with Crippen LogP contribution < -0.4 is 15.4 Å². The van der Waals surface area contributed by atoms with Crippen molar-refractivity contribution in [2.75, 3.05) is 6.61 Å². The molecule has 2 amide bonds. The van der Waals surface area contributed by atoms with Gasteiger partial charge in [-0.1, -0.05) is 55.8 Å². The smallest absolute Gasteiger partial charge is 0.325 e. The van der Waals surface area contributed by atoms with E-state index < -0.39 is 29.9 Å². The predicted molar refractivity (Wildman–Crippen MR) is 161 cm³/mol. The summed E-state index contributed by atoms with van der Waals surface area (Å²) in [5.74, 6) is -0.942. The van der Waals surface area contributed by atoms with Gasteiger partial charge in [-0.05, 0) is 35.9 Å². The van der Waals surface area contributed by atoms with Gasteiger partial charge < -0.3 is 20.5 Å². The Labute approximate surface area is 252 Å². The van der Waals surface area contributed by atoms with Crippen molar-refractivity contribution in [3.63, 3.8) is 0 Å². The second-order valence-electron chi connectivity index (χ2n) is 9.98. The largest absolute Gasteiger partial charge is 0.480 e. The van der Waals surface area contributed by atoms with E-state index in [1.165, 1.54) is 18.3 Å². The molecule has 42 heavy (non-hydrogen) atoms. The molecular weight excluding hydrogens is 578 g/mol. The van der Waals surface area contributed by atoms with Crippen molar-refractivity contribution < 1.29 is 24.2 Å². The van der Waals surface area contributed by atoms with Crippen molar-refractivity contribution in [1.29, 1.82) is 0 Å². The SMILES string of the molecule is CC(C)COc1ncc(-c2cnc(-c3ccc(CC(NC(=O)c4cccs4)C(=O)NC(C)C(=O)O)cc3)nc2)cc1Cl. The number of nitrogens with zero attached hydrogens (tertiary/aromatic N) is 3. The van der Waals surface area contributed by atoms with Gasteiger partial charge in [0.2, 0.25) is 11.8 Å². The number of aliphatic carboxylic acids is 1. The number of aromatic nitrogens is 3. The van der Waals surface area contributed by atoms with E-state index in [-0.39, 0.29) is 6.42 Å². The Balaban J connectivity index is 1.45. The lowest BCUT2D eigenvalue weighted by molar-refractivity contribution is -0.141. The molecule has 0 aliphatic carbocycles. The van der Waals surface area contributed by atoms with Crippen molar-refractivity contribution in [3.05, 3.63) is 81.9 Å². The van der Waals surface area contributed by atoms with Crippen molar-refractivity contribution in [2.24, 2.45) is 5.92 Å². The number of carbonyl (C=O) groups is 3. The molecule has 4 aromatic rings. The van der Waals surface area contributed by atoms with Crippen LogP contribution in [-0.4, -0.2) is 56.5 Å². The van der Waals surface area contributed by atoms with Crippen LogP contribution in [0.25, 0.3) is 22.5 Å². The molecule has 4 rings (SSSR count). The summed E-state index contributed by atoms with van der Waals surface area (Å²) in [5, 5.41) is 16.5. The molecule has 0 bridgehead atoms. The topological polar surface area (TPSA) is 143 Å². The zero-order valence-electron chi connectivity index (χ0n) is 23.2. The van der Waals surface area contributed by atoms with Crippen LogP contribution in [0.3, 0.4) is 0 Å². The summed E-state index contributed by atoms with van der Waals surface area (Å²) in [6.45, 7) is 5.97. The van der Waals surface area contributed by atoms with Gasteiger partial charge in [0.15, 0.2) is 5.82 Å². The van der Waals surface area contributed by atoms with E-state index in [1.807, 2.05) is 38.1 Å². The fraction of sp³-hybridized carbons (Fsp3) is 0.267. The van der Waals surface area contributed by atoms with Crippen molar-refractivity contribution in [3.8, 4) is 28.4 Å². The highest BCUT2D eigenvalue weighted by atomic mass is 35.5. The number of halogens is 1. The van der Waals surface area contributed by atoms with E-state index in [4.69, 9.17) is 16.3 Å². The van der Waals surface area contributed by atoms with E-state index in [2.05, 4.69) is 25.6 Å². The molecule has 3 heterocycles. The molecule has 1 aromatic carbocycles. The molecule has 2 atom stereocenters. The summed E-state index contributed by atoms with van der Waals surface area (Å²) >= 11 is 7.60. The van der Waals surface area contributed by atoms with Crippen LogP contribution in [0.5, 0.6) is 5.88 Å². The lowest BCUT2D eigenvalue weighted by Gasteiger charge is -2.20. The van der Waals surface area contributed by atoms with Gasteiger partial charge in [0, 0.05) is 41.7 Å². The number of amides is 2. The Kier molecular flexibility index (Phi) is 10.2. The molecule has 3 aromatic heterocycles. The van der Waals surface area contributed by atoms with Gasteiger partial charge in [0.1, 0.15) is 17.1 Å². The number of ether oxygens (including phenoxy) is 1. The molecule has 0 radical (unpaired) electrons. The highest BCUT2D eigenvalue weighted by molar-refractivity contribution is 7.12. The van der Waals surface area contributed by atoms with Crippen molar-refractivity contribution in [1.82, 2.24) is 25.6 Å². The molecule has 0 saturated carbocycles. The van der Waals surface area contributed by atoms with Crippen molar-refractivity contribution >= 4 is 40.7 Å². The Morgan fingerprint density at radius 2 is 1.64 bits per heavy atom. The maximum atomic E-state index is 12.9. The number of carboxylic acids is 1. The Hall–Kier alpha value is -4.35. The zero-order valence-corrected chi connectivity index (χ0v) is 24.8. The first-order chi connectivity index (χ1) is 20.1. The summed E-state index contributed by atoms with van der Waals surface area (Å²) in [5.41, 5.74) is 3.00. The Morgan fingerprint density at radius 1 is 0.952 bits per heavy atom. The van der Waals surface area contributed by atoms with Crippen LogP contribution in [0.1, 0.15) is 36.0 Å². The van der Waals surface area contributed by atoms with Crippen LogP contribution in [0.2, 0.25) is 5.02 Å². The summed E-state index contributed by atoms with van der Waals surface area (Å²) < 4.78 is 5.63. The van der Waals surface area contributed by atoms with Crippen LogP contribution >= 0.6 is 22.9 Å². The monoisotopic (exact) mass is 607 g/mol. The standard InChI is InChI=1S/C30H30ClN5O5S/c1-17(2)16-41-29-23(31)12-21(13-34-29)22-14-32-26(33-15-22)20-8-6-19(7-9-20)11-24(27(37)35-18(3)30(39)40)36-28(38)25-5-4-10-42-25/h4-10,12-15,17-18,24H,11,16H2,1-3H3,(H,35,37)(H,36,38)(H,39,40). The van der Waals surface area contributed by atoms with E-state index in [1.54, 1.807) is 42.2 Å². The van der Waals surface area contributed by atoms with Gasteiger partial charge in [-0.15, -0.1) is 11.3 Å². The minimum Gasteiger partial charge on any atom is -0.480 e. The molecule has 3 N–H and O–H groups in total. The Bertz CT molecular complexity index is 1530. The van der Waals surface area contributed by atoms with Crippen LogP contribution in [0, 0.1) is 5.92 Å². The number of benzene rings is 1. The van der Waals surface area contributed by atoms with Gasteiger partial charge in [-0.25, -0.2) is 15.0 Å². The summed E-state index contributed by atoms with van der Waals surface area (Å²) in [6.07, 6.45) is 5.18. The summed E-state index contributed by atoms with van der Waals surface area (Å²) in [7, 11) is 0. The third kappa shape index (κ3) is 8.11. The number of rotatable bonds is 12. The molecule has 0 saturated heterocycles. The van der Waals surface area contributed by atoms with Gasteiger partial charge >= 0.3 is 5.97 Å². The minimum absolute atomic E-state index is 0.153. The number of nitrogens with one attached hydrogen (secondary N) is 2. The summed E-state index contributed by atoms with van der Waals surface area (Å²) in [6, 6.07) is 10.3. The predicted octanol–water partition coefficient (Wildman–Crippen LogP) is 4.89. The van der Waals surface area contributed by atoms with E-state index >= 15 is 0 Å². The maximum Gasteiger partial charge on any atom is 0.325 e. The second kappa shape index (κ2) is 14.0. The van der Waals surface area contributed by atoms with Gasteiger partial charge in [-0.3, -0.25) is 14.4 Å². The average molecular weight is 608 g/mol. The zero-order chi connectivity index (χ0) is 30.2. The molecular formula is C30H30ClN5O5S. The number of carbonyl (C=O) groups excluding carboxylic acids is 2. The molecule has 0 spiro atoms. The number of hydrogen-bond donors (Lipinski definition) is 3. The molecule has 218 valence electrons. The fourth-order valence-corrected chi connectivity index (χ4v) is 4.66. The number of hydrogen-bond acceptors (Lipinski definition) is 8. The minimum atomic E-state index is -1.17. The van der Waals surface area contributed by atoms with Gasteiger partial charge in [0.25, 0.3) is 5.91 Å². The number of pyridine rings is 1. The Morgan fingerprint density at radius 3 is 2.24 bits per heavy atom. The van der Waals surface area contributed by atoms with Crippen LogP contribution in [0.15, 0.2) is 66.4 Å². The first-order valence-electron chi connectivity index (χ1n) is 13.2. The third-order valence-electron chi connectivity index (χ3n) is 6.09.